The SMILES string of the molecule is CCCC(=O)[N]Cc1ccccc1.[MgH2]. The molecule has 0 heterocycles. The van der Waals surface area contributed by atoms with Gasteiger partial charge in [-0.1, -0.05) is 37.3 Å². The van der Waals surface area contributed by atoms with E-state index in [4.69, 9.17) is 0 Å². The topological polar surface area (TPSA) is 31.2 Å². The Morgan fingerprint density at radius 1 is 1.29 bits per heavy atom. The standard InChI is InChI=1S/C11H14NO.Mg.2H/c1-2-6-11(13)12-9-10-7-4-3-5-8-10;;;/h3-5,7-8H,2,6,9H2,1H3;;;. The summed E-state index contributed by atoms with van der Waals surface area (Å²) in [4.78, 5) is 11.0. The van der Waals surface area contributed by atoms with Gasteiger partial charge < -0.3 is 0 Å². The molecular formula is C11H16MgNO. The van der Waals surface area contributed by atoms with E-state index in [1.807, 2.05) is 37.3 Å². The summed E-state index contributed by atoms with van der Waals surface area (Å²) in [7, 11) is 0. The Hall–Kier alpha value is -0.544. The molecule has 2 nitrogen and oxygen atoms in total. The van der Waals surface area contributed by atoms with Gasteiger partial charge >= 0.3 is 23.1 Å². The molecule has 0 saturated heterocycles. The number of carbonyl (C=O) groups is 1. The second kappa shape index (κ2) is 7.82. The molecule has 0 aliphatic heterocycles. The number of carbonyl (C=O) groups excluding carboxylic acids is 1. The molecule has 1 radical (unpaired) electrons. The Morgan fingerprint density at radius 2 is 1.93 bits per heavy atom. The van der Waals surface area contributed by atoms with Crippen LogP contribution in [0.3, 0.4) is 0 Å². The number of hydrogen-bond donors (Lipinski definition) is 0. The van der Waals surface area contributed by atoms with Crippen molar-refractivity contribution in [2.24, 2.45) is 0 Å². The average molecular weight is 203 g/mol. The first-order chi connectivity index (χ1) is 6.33. The number of nitrogens with zero attached hydrogens (tertiary/aromatic N) is 1. The van der Waals surface area contributed by atoms with Crippen molar-refractivity contribution < 1.29 is 4.79 Å². The monoisotopic (exact) mass is 202 g/mol. The van der Waals surface area contributed by atoms with Gasteiger partial charge in [-0.2, -0.15) is 0 Å². The maximum atomic E-state index is 11.0. The van der Waals surface area contributed by atoms with Gasteiger partial charge in [-0.15, -0.1) is 0 Å². The Labute approximate surface area is 101 Å². The fourth-order valence-corrected chi connectivity index (χ4v) is 1.06. The van der Waals surface area contributed by atoms with Gasteiger partial charge in [0.25, 0.3) is 0 Å². The smallest absolute Gasteiger partial charge is 0.273 e. The van der Waals surface area contributed by atoms with Crippen molar-refractivity contribution in [2.45, 2.75) is 26.3 Å². The lowest BCUT2D eigenvalue weighted by atomic mass is 10.2. The van der Waals surface area contributed by atoms with Gasteiger partial charge in [-0.05, 0) is 12.0 Å². The van der Waals surface area contributed by atoms with Crippen molar-refractivity contribution in [3.63, 3.8) is 0 Å². The summed E-state index contributed by atoms with van der Waals surface area (Å²) in [6, 6.07) is 9.81. The van der Waals surface area contributed by atoms with Crippen LogP contribution in [0, 0.1) is 0 Å². The van der Waals surface area contributed by atoms with Crippen LogP contribution in [0.25, 0.3) is 0 Å². The van der Waals surface area contributed by atoms with E-state index in [1.165, 1.54) is 0 Å². The first kappa shape index (κ1) is 13.5. The molecule has 0 N–H and O–H groups in total. The molecule has 0 aromatic heterocycles. The van der Waals surface area contributed by atoms with Gasteiger partial charge in [0.05, 0.1) is 6.54 Å². The number of hydrogen-bond acceptors (Lipinski definition) is 1. The molecule has 0 aliphatic carbocycles. The number of amides is 1. The van der Waals surface area contributed by atoms with Crippen LogP contribution in [0.1, 0.15) is 25.3 Å². The molecule has 0 saturated carbocycles. The minimum absolute atomic E-state index is 0. The number of benzene rings is 1. The zero-order valence-corrected chi connectivity index (χ0v) is 7.86. The van der Waals surface area contributed by atoms with Gasteiger partial charge in [0.1, 0.15) is 0 Å². The predicted octanol–water partition coefficient (Wildman–Crippen LogP) is 1.20. The van der Waals surface area contributed by atoms with Crippen molar-refractivity contribution in [1.29, 1.82) is 0 Å². The van der Waals surface area contributed by atoms with E-state index in [2.05, 4.69) is 5.32 Å². The third kappa shape index (κ3) is 5.24. The highest BCUT2D eigenvalue weighted by Gasteiger charge is 2.00. The Balaban J connectivity index is 0.00000169. The van der Waals surface area contributed by atoms with Crippen molar-refractivity contribution in [3.05, 3.63) is 35.9 Å². The van der Waals surface area contributed by atoms with Gasteiger partial charge in [-0.25, -0.2) is 5.32 Å². The van der Waals surface area contributed by atoms with Crippen LogP contribution >= 0.6 is 0 Å². The Kier molecular flexibility index (Phi) is 7.52. The maximum Gasteiger partial charge on any atom is 0.316 e. The lowest BCUT2D eigenvalue weighted by Gasteiger charge is -2.00. The van der Waals surface area contributed by atoms with Crippen molar-refractivity contribution >= 4 is 29.0 Å². The van der Waals surface area contributed by atoms with Crippen LogP contribution in [-0.2, 0) is 11.3 Å². The average Bonchev–Trinajstić information content (AvgIpc) is 2.17. The first-order valence-electron chi connectivity index (χ1n) is 4.57. The van der Waals surface area contributed by atoms with Crippen molar-refractivity contribution in [1.82, 2.24) is 5.32 Å². The van der Waals surface area contributed by atoms with E-state index in [-0.39, 0.29) is 29.0 Å². The molecule has 1 rings (SSSR count). The lowest BCUT2D eigenvalue weighted by molar-refractivity contribution is -0.121. The summed E-state index contributed by atoms with van der Waals surface area (Å²) in [5, 5.41) is 3.95. The zero-order chi connectivity index (χ0) is 9.52. The van der Waals surface area contributed by atoms with E-state index < -0.39 is 0 Å². The molecule has 73 valence electrons. The molecule has 0 atom stereocenters. The summed E-state index contributed by atoms with van der Waals surface area (Å²) in [6.07, 6.45) is 1.43. The van der Waals surface area contributed by atoms with Crippen molar-refractivity contribution in [3.8, 4) is 0 Å². The molecular weight excluding hydrogens is 186 g/mol. The van der Waals surface area contributed by atoms with E-state index in [1.54, 1.807) is 0 Å². The zero-order valence-electron chi connectivity index (χ0n) is 7.86. The highest BCUT2D eigenvalue weighted by Crippen LogP contribution is 1.98. The highest BCUT2D eigenvalue weighted by atomic mass is 24.3. The Morgan fingerprint density at radius 3 is 2.50 bits per heavy atom. The normalized spacial score (nSPS) is 8.93. The molecule has 14 heavy (non-hydrogen) atoms. The summed E-state index contributed by atoms with van der Waals surface area (Å²) in [6.45, 7) is 2.50. The van der Waals surface area contributed by atoms with Gasteiger partial charge in [0.15, 0.2) is 0 Å². The minimum Gasteiger partial charge on any atom is -0.273 e. The molecule has 0 fully saturated rings. The van der Waals surface area contributed by atoms with E-state index in [0.717, 1.165) is 12.0 Å². The second-order valence-electron chi connectivity index (χ2n) is 2.95. The van der Waals surface area contributed by atoms with Crippen LogP contribution in [0.5, 0.6) is 0 Å². The molecule has 1 aromatic rings. The molecule has 0 spiro atoms. The highest BCUT2D eigenvalue weighted by molar-refractivity contribution is 5.75. The van der Waals surface area contributed by atoms with Crippen LogP contribution in [-0.4, -0.2) is 29.0 Å². The molecule has 3 heteroatoms. The predicted molar refractivity (Wildman–Crippen MR) is 60.7 cm³/mol. The van der Waals surface area contributed by atoms with Crippen LogP contribution in [0.15, 0.2) is 30.3 Å². The first-order valence-corrected chi connectivity index (χ1v) is 4.57. The lowest BCUT2D eigenvalue weighted by Crippen LogP contribution is -2.14. The molecule has 1 amide bonds. The molecule has 0 aliphatic rings. The third-order valence-electron chi connectivity index (χ3n) is 1.74. The largest absolute Gasteiger partial charge is 0.316 e. The summed E-state index contributed by atoms with van der Waals surface area (Å²) in [5.41, 5.74) is 1.09. The molecule has 1 aromatic carbocycles. The quantitative estimate of drug-likeness (QED) is 0.675. The minimum atomic E-state index is 0. The number of rotatable bonds is 4. The fourth-order valence-electron chi connectivity index (χ4n) is 1.06. The van der Waals surface area contributed by atoms with Crippen LogP contribution in [0.4, 0.5) is 0 Å². The van der Waals surface area contributed by atoms with Gasteiger partial charge in [0, 0.05) is 6.42 Å². The summed E-state index contributed by atoms with van der Waals surface area (Å²) >= 11 is 0. The van der Waals surface area contributed by atoms with E-state index in [0.29, 0.717) is 13.0 Å². The third-order valence-corrected chi connectivity index (χ3v) is 1.74. The second-order valence-corrected chi connectivity index (χ2v) is 2.95. The molecule has 0 bridgehead atoms. The fraction of sp³-hybridized carbons (Fsp3) is 0.364. The van der Waals surface area contributed by atoms with Crippen LogP contribution < -0.4 is 5.32 Å². The summed E-state index contributed by atoms with van der Waals surface area (Å²) in [5.74, 6) is 0.00588. The van der Waals surface area contributed by atoms with Crippen LogP contribution in [0.2, 0.25) is 0 Å². The van der Waals surface area contributed by atoms with Crippen molar-refractivity contribution in [2.75, 3.05) is 0 Å². The van der Waals surface area contributed by atoms with Gasteiger partial charge in [-0.3, -0.25) is 4.79 Å². The summed E-state index contributed by atoms with van der Waals surface area (Å²) < 4.78 is 0. The molecule has 0 unspecified atom stereocenters. The maximum absolute atomic E-state index is 11.0. The Bertz CT molecular complexity index is 261. The van der Waals surface area contributed by atoms with E-state index >= 15 is 0 Å². The van der Waals surface area contributed by atoms with E-state index in [9.17, 15) is 4.79 Å². The van der Waals surface area contributed by atoms with Gasteiger partial charge in [0.2, 0.25) is 5.91 Å².